The Morgan fingerprint density at radius 3 is 2.42 bits per heavy atom. The van der Waals surface area contributed by atoms with Crippen LogP contribution in [0.1, 0.15) is 46.5 Å². The fraction of sp³-hybridized carbons (Fsp3) is 0.857. The fourth-order valence-electron chi connectivity index (χ4n) is 3.07. The first-order valence-corrected chi connectivity index (χ1v) is 7.14. The number of nitrogens with zero attached hydrogens (tertiary/aromatic N) is 2. The van der Waals surface area contributed by atoms with E-state index in [4.69, 9.17) is 10.9 Å². The van der Waals surface area contributed by atoms with Crippen LogP contribution in [0.4, 0.5) is 0 Å². The molecule has 1 aliphatic rings. The van der Waals surface area contributed by atoms with Crippen LogP contribution in [-0.4, -0.2) is 34.9 Å². The van der Waals surface area contributed by atoms with Crippen molar-refractivity contribution >= 4 is 11.7 Å². The zero-order valence-corrected chi connectivity index (χ0v) is 12.5. The SMILES string of the molecule is CC(C)C(C(=O)N(C)C1CCCCC1C)C(N)=NO. The Balaban J connectivity index is 2.84. The van der Waals surface area contributed by atoms with Crippen molar-refractivity contribution in [3.05, 3.63) is 0 Å². The lowest BCUT2D eigenvalue weighted by Crippen LogP contribution is -2.49. The van der Waals surface area contributed by atoms with E-state index in [9.17, 15) is 4.79 Å². The second kappa shape index (κ2) is 6.78. The minimum Gasteiger partial charge on any atom is -0.409 e. The van der Waals surface area contributed by atoms with Crippen LogP contribution in [0.3, 0.4) is 0 Å². The Labute approximate surface area is 115 Å². The molecule has 110 valence electrons. The van der Waals surface area contributed by atoms with E-state index in [1.165, 1.54) is 12.8 Å². The normalized spacial score (nSPS) is 26.3. The second-order valence-electron chi connectivity index (χ2n) is 6.02. The number of carbonyl (C=O) groups is 1. The first-order valence-electron chi connectivity index (χ1n) is 7.14. The van der Waals surface area contributed by atoms with Crippen molar-refractivity contribution in [2.24, 2.45) is 28.6 Å². The standard InChI is InChI=1S/C14H27N3O2/c1-9(2)12(13(15)16-19)14(18)17(4)11-8-6-5-7-10(11)3/h9-12,19H,5-8H2,1-4H3,(H2,15,16). The molecule has 0 spiro atoms. The van der Waals surface area contributed by atoms with E-state index >= 15 is 0 Å². The molecule has 1 aliphatic carbocycles. The van der Waals surface area contributed by atoms with Gasteiger partial charge in [-0.05, 0) is 24.7 Å². The van der Waals surface area contributed by atoms with E-state index in [0.29, 0.717) is 5.92 Å². The largest absolute Gasteiger partial charge is 0.409 e. The molecule has 0 aromatic rings. The summed E-state index contributed by atoms with van der Waals surface area (Å²) >= 11 is 0. The molecular weight excluding hydrogens is 242 g/mol. The average molecular weight is 269 g/mol. The highest BCUT2D eigenvalue weighted by Gasteiger charge is 2.34. The monoisotopic (exact) mass is 269 g/mol. The topological polar surface area (TPSA) is 78.9 Å². The molecule has 0 saturated heterocycles. The van der Waals surface area contributed by atoms with Gasteiger partial charge in [-0.15, -0.1) is 0 Å². The van der Waals surface area contributed by atoms with Crippen molar-refractivity contribution in [3.8, 4) is 0 Å². The van der Waals surface area contributed by atoms with Gasteiger partial charge in [0.05, 0.1) is 0 Å². The number of oxime groups is 1. The predicted octanol–water partition coefficient (Wildman–Crippen LogP) is 2.04. The lowest BCUT2D eigenvalue weighted by atomic mass is 9.84. The summed E-state index contributed by atoms with van der Waals surface area (Å²) in [6.45, 7) is 6.03. The minimum absolute atomic E-state index is 0.00955. The zero-order valence-electron chi connectivity index (χ0n) is 12.5. The third-order valence-corrected chi connectivity index (χ3v) is 4.28. The number of nitrogens with two attached hydrogens (primary N) is 1. The van der Waals surface area contributed by atoms with E-state index < -0.39 is 5.92 Å². The number of hydrogen-bond acceptors (Lipinski definition) is 3. The van der Waals surface area contributed by atoms with Crippen LogP contribution in [0.15, 0.2) is 5.16 Å². The number of hydrogen-bond donors (Lipinski definition) is 2. The maximum Gasteiger partial charge on any atom is 0.233 e. The number of carbonyl (C=O) groups excluding carboxylic acids is 1. The Hall–Kier alpha value is -1.26. The molecule has 0 aromatic heterocycles. The van der Waals surface area contributed by atoms with E-state index in [2.05, 4.69) is 12.1 Å². The number of amidine groups is 1. The van der Waals surface area contributed by atoms with Gasteiger partial charge < -0.3 is 15.8 Å². The minimum atomic E-state index is -0.538. The summed E-state index contributed by atoms with van der Waals surface area (Å²) < 4.78 is 0. The van der Waals surface area contributed by atoms with Gasteiger partial charge in [-0.3, -0.25) is 4.79 Å². The maximum absolute atomic E-state index is 12.6. The summed E-state index contributed by atoms with van der Waals surface area (Å²) in [7, 11) is 1.84. The van der Waals surface area contributed by atoms with Gasteiger partial charge in [0.2, 0.25) is 5.91 Å². The first kappa shape index (κ1) is 15.8. The average Bonchev–Trinajstić information content (AvgIpc) is 2.37. The number of rotatable bonds is 4. The van der Waals surface area contributed by atoms with E-state index in [1.807, 2.05) is 25.8 Å². The molecule has 5 heteroatoms. The highest BCUT2D eigenvalue weighted by Crippen LogP contribution is 2.29. The predicted molar refractivity (Wildman–Crippen MR) is 75.9 cm³/mol. The third-order valence-electron chi connectivity index (χ3n) is 4.28. The van der Waals surface area contributed by atoms with Gasteiger partial charge in [0.15, 0.2) is 5.84 Å². The van der Waals surface area contributed by atoms with Crippen molar-refractivity contribution < 1.29 is 10.0 Å². The molecular formula is C14H27N3O2. The molecule has 3 N–H and O–H groups in total. The molecule has 1 fully saturated rings. The van der Waals surface area contributed by atoms with Crippen LogP contribution in [0.2, 0.25) is 0 Å². The lowest BCUT2D eigenvalue weighted by molar-refractivity contribution is -0.137. The summed E-state index contributed by atoms with van der Waals surface area (Å²) in [5, 5.41) is 11.9. The Kier molecular flexibility index (Phi) is 5.63. The van der Waals surface area contributed by atoms with Crippen molar-refractivity contribution in [2.75, 3.05) is 7.05 Å². The second-order valence-corrected chi connectivity index (χ2v) is 6.02. The van der Waals surface area contributed by atoms with Gasteiger partial charge in [-0.25, -0.2) is 0 Å². The highest BCUT2D eigenvalue weighted by molar-refractivity contribution is 6.02. The molecule has 0 heterocycles. The van der Waals surface area contributed by atoms with Crippen LogP contribution in [0.25, 0.3) is 0 Å². The Bertz CT molecular complexity index is 342. The quantitative estimate of drug-likeness (QED) is 0.355. The molecule has 1 saturated carbocycles. The summed E-state index contributed by atoms with van der Waals surface area (Å²) in [6.07, 6.45) is 4.62. The third kappa shape index (κ3) is 3.61. The molecule has 0 aliphatic heterocycles. The summed E-state index contributed by atoms with van der Waals surface area (Å²) in [4.78, 5) is 14.4. The van der Waals surface area contributed by atoms with Crippen LogP contribution in [0, 0.1) is 17.8 Å². The van der Waals surface area contributed by atoms with Crippen molar-refractivity contribution in [2.45, 2.75) is 52.5 Å². The molecule has 1 rings (SSSR count). The van der Waals surface area contributed by atoms with Crippen molar-refractivity contribution in [1.82, 2.24) is 4.90 Å². The summed E-state index contributed by atoms with van der Waals surface area (Å²) in [5.74, 6) is -0.0314. The summed E-state index contributed by atoms with van der Waals surface area (Å²) in [6, 6.07) is 0.272. The molecule has 0 aromatic carbocycles. The van der Waals surface area contributed by atoms with Gasteiger partial charge >= 0.3 is 0 Å². The molecule has 5 nitrogen and oxygen atoms in total. The smallest absolute Gasteiger partial charge is 0.233 e. The maximum atomic E-state index is 12.6. The van der Waals surface area contributed by atoms with Crippen molar-refractivity contribution in [1.29, 1.82) is 0 Å². The zero-order chi connectivity index (χ0) is 14.6. The summed E-state index contributed by atoms with van der Waals surface area (Å²) in [5.41, 5.74) is 5.67. The molecule has 19 heavy (non-hydrogen) atoms. The molecule has 1 amide bonds. The van der Waals surface area contributed by atoms with Gasteiger partial charge in [-0.2, -0.15) is 0 Å². The number of amides is 1. The van der Waals surface area contributed by atoms with Crippen LogP contribution < -0.4 is 5.73 Å². The molecule has 0 radical (unpaired) electrons. The van der Waals surface area contributed by atoms with Gasteiger partial charge in [-0.1, -0.05) is 38.8 Å². The molecule has 3 atom stereocenters. The fourth-order valence-corrected chi connectivity index (χ4v) is 3.07. The van der Waals surface area contributed by atoms with E-state index in [0.717, 1.165) is 12.8 Å². The van der Waals surface area contributed by atoms with Crippen molar-refractivity contribution in [3.63, 3.8) is 0 Å². The van der Waals surface area contributed by atoms with E-state index in [-0.39, 0.29) is 23.7 Å². The van der Waals surface area contributed by atoms with Crippen LogP contribution in [-0.2, 0) is 4.79 Å². The van der Waals surface area contributed by atoms with E-state index in [1.54, 1.807) is 0 Å². The van der Waals surface area contributed by atoms with Crippen LogP contribution >= 0.6 is 0 Å². The first-order chi connectivity index (χ1) is 8.90. The molecule has 3 unspecified atom stereocenters. The van der Waals surface area contributed by atoms with Gasteiger partial charge in [0.1, 0.15) is 5.92 Å². The van der Waals surface area contributed by atoms with Crippen LogP contribution in [0.5, 0.6) is 0 Å². The Morgan fingerprint density at radius 2 is 1.95 bits per heavy atom. The lowest BCUT2D eigenvalue weighted by Gasteiger charge is -2.38. The van der Waals surface area contributed by atoms with Gasteiger partial charge in [0, 0.05) is 13.1 Å². The van der Waals surface area contributed by atoms with Gasteiger partial charge in [0.25, 0.3) is 0 Å². The molecule has 0 bridgehead atoms. The highest BCUT2D eigenvalue weighted by atomic mass is 16.4. The Morgan fingerprint density at radius 1 is 1.37 bits per heavy atom.